The Kier molecular flexibility index (Phi) is 6.99. The summed E-state index contributed by atoms with van der Waals surface area (Å²) in [6, 6.07) is 38.1. The fourth-order valence-corrected chi connectivity index (χ4v) is 4.39. The van der Waals surface area contributed by atoms with Gasteiger partial charge in [0.2, 0.25) is 0 Å². The van der Waals surface area contributed by atoms with Crippen LogP contribution in [0.25, 0.3) is 16.9 Å². The molecular formula is C31H26FN3O. The Morgan fingerprint density at radius 3 is 1.92 bits per heavy atom. The van der Waals surface area contributed by atoms with Crippen molar-refractivity contribution in [1.82, 2.24) is 15.1 Å². The van der Waals surface area contributed by atoms with E-state index in [9.17, 15) is 9.18 Å². The molecule has 0 aliphatic rings. The summed E-state index contributed by atoms with van der Waals surface area (Å²) in [4.78, 5) is 13.4. The standard InChI is InChI=1S/C31H26FN3O/c32-26-18-16-25(17-19-26)29-22-30(35(34-29)27-14-8-3-9-15-27)31(36)33-21-20-28(23-10-4-1-5-11-23)24-12-6-2-7-13-24/h1-19,22,28H,20-21H2,(H,33,36). The van der Waals surface area contributed by atoms with Crippen molar-refractivity contribution >= 4 is 5.91 Å². The van der Waals surface area contributed by atoms with Gasteiger partial charge in [-0.1, -0.05) is 78.9 Å². The summed E-state index contributed by atoms with van der Waals surface area (Å²) < 4.78 is 15.1. The minimum absolute atomic E-state index is 0.168. The van der Waals surface area contributed by atoms with Crippen LogP contribution in [0.15, 0.2) is 121 Å². The Morgan fingerprint density at radius 1 is 0.778 bits per heavy atom. The summed E-state index contributed by atoms with van der Waals surface area (Å²) in [5.41, 5.74) is 4.99. The SMILES string of the molecule is O=C(NCCC(c1ccccc1)c1ccccc1)c1cc(-c2ccc(F)cc2)nn1-c1ccccc1. The highest BCUT2D eigenvalue weighted by Gasteiger charge is 2.19. The maximum atomic E-state index is 13.4. The van der Waals surface area contributed by atoms with Gasteiger partial charge in [0.25, 0.3) is 5.91 Å². The van der Waals surface area contributed by atoms with Gasteiger partial charge in [-0.15, -0.1) is 0 Å². The summed E-state index contributed by atoms with van der Waals surface area (Å²) in [6.45, 7) is 0.499. The number of carbonyl (C=O) groups is 1. The number of aromatic nitrogens is 2. The van der Waals surface area contributed by atoms with Crippen molar-refractivity contribution in [2.75, 3.05) is 6.54 Å². The second-order valence-electron chi connectivity index (χ2n) is 8.59. The van der Waals surface area contributed by atoms with Crippen LogP contribution in [0.5, 0.6) is 0 Å². The third-order valence-corrected chi connectivity index (χ3v) is 6.21. The number of halogens is 1. The molecule has 4 aromatic carbocycles. The molecule has 1 heterocycles. The van der Waals surface area contributed by atoms with Crippen molar-refractivity contribution < 1.29 is 9.18 Å². The monoisotopic (exact) mass is 475 g/mol. The number of rotatable bonds is 8. The van der Waals surface area contributed by atoms with E-state index in [1.165, 1.54) is 23.3 Å². The number of hydrogen-bond acceptors (Lipinski definition) is 2. The zero-order chi connectivity index (χ0) is 24.7. The predicted molar refractivity (Wildman–Crippen MR) is 141 cm³/mol. The number of nitrogens with zero attached hydrogens (tertiary/aromatic N) is 2. The van der Waals surface area contributed by atoms with Crippen molar-refractivity contribution in [3.05, 3.63) is 144 Å². The van der Waals surface area contributed by atoms with Crippen molar-refractivity contribution in [2.24, 2.45) is 0 Å². The number of hydrogen-bond donors (Lipinski definition) is 1. The van der Waals surface area contributed by atoms with Crippen molar-refractivity contribution in [1.29, 1.82) is 0 Å². The highest BCUT2D eigenvalue weighted by Crippen LogP contribution is 2.28. The Bertz CT molecular complexity index is 1380. The van der Waals surface area contributed by atoms with Gasteiger partial charge in [-0.2, -0.15) is 5.10 Å². The zero-order valence-electron chi connectivity index (χ0n) is 19.7. The lowest BCUT2D eigenvalue weighted by Crippen LogP contribution is -2.28. The minimum atomic E-state index is -0.314. The number of amides is 1. The molecule has 0 aliphatic carbocycles. The summed E-state index contributed by atoms with van der Waals surface area (Å²) in [5.74, 6) is -0.355. The Labute approximate surface area is 210 Å². The van der Waals surface area contributed by atoms with Crippen LogP contribution in [0.4, 0.5) is 4.39 Å². The van der Waals surface area contributed by atoms with Gasteiger partial charge in [-0.05, 0) is 60.0 Å². The van der Waals surface area contributed by atoms with Crippen LogP contribution < -0.4 is 5.32 Å². The third-order valence-electron chi connectivity index (χ3n) is 6.21. The molecule has 0 saturated heterocycles. The molecule has 4 nitrogen and oxygen atoms in total. The molecule has 178 valence electrons. The average molecular weight is 476 g/mol. The lowest BCUT2D eigenvalue weighted by Gasteiger charge is -2.18. The van der Waals surface area contributed by atoms with E-state index in [1.807, 2.05) is 66.7 Å². The van der Waals surface area contributed by atoms with Crippen LogP contribution in [0.1, 0.15) is 34.0 Å². The van der Waals surface area contributed by atoms with Gasteiger partial charge in [0.15, 0.2) is 0 Å². The molecular weight excluding hydrogens is 449 g/mol. The lowest BCUT2D eigenvalue weighted by atomic mass is 9.88. The van der Waals surface area contributed by atoms with Gasteiger partial charge in [-0.25, -0.2) is 9.07 Å². The molecule has 0 spiro atoms. The van der Waals surface area contributed by atoms with Gasteiger partial charge in [-0.3, -0.25) is 4.79 Å². The number of carbonyl (C=O) groups excluding carboxylic acids is 1. The van der Waals surface area contributed by atoms with E-state index in [1.54, 1.807) is 22.9 Å². The highest BCUT2D eigenvalue weighted by atomic mass is 19.1. The Morgan fingerprint density at radius 2 is 1.33 bits per heavy atom. The number of benzene rings is 4. The van der Waals surface area contributed by atoms with E-state index in [2.05, 4.69) is 34.7 Å². The highest BCUT2D eigenvalue weighted by molar-refractivity contribution is 5.94. The van der Waals surface area contributed by atoms with Gasteiger partial charge >= 0.3 is 0 Å². The molecule has 1 aromatic heterocycles. The molecule has 0 atom stereocenters. The molecule has 5 aromatic rings. The van der Waals surface area contributed by atoms with Crippen molar-refractivity contribution in [2.45, 2.75) is 12.3 Å². The molecule has 5 heteroatoms. The first-order chi connectivity index (χ1) is 17.7. The van der Waals surface area contributed by atoms with E-state index in [-0.39, 0.29) is 17.6 Å². The molecule has 0 radical (unpaired) electrons. The van der Waals surface area contributed by atoms with Crippen LogP contribution in [-0.2, 0) is 0 Å². The Hall–Kier alpha value is -4.51. The maximum Gasteiger partial charge on any atom is 0.270 e. The van der Waals surface area contributed by atoms with Crippen LogP contribution in [0, 0.1) is 5.82 Å². The lowest BCUT2D eigenvalue weighted by molar-refractivity contribution is 0.0945. The second-order valence-corrected chi connectivity index (χ2v) is 8.59. The largest absolute Gasteiger partial charge is 0.351 e. The summed E-state index contributed by atoms with van der Waals surface area (Å²) in [7, 11) is 0. The maximum absolute atomic E-state index is 13.4. The quantitative estimate of drug-likeness (QED) is 0.274. The summed E-state index contributed by atoms with van der Waals surface area (Å²) in [5, 5.41) is 7.77. The molecule has 0 fully saturated rings. The third kappa shape index (κ3) is 5.26. The van der Waals surface area contributed by atoms with Gasteiger partial charge in [0.05, 0.1) is 11.4 Å². The van der Waals surface area contributed by atoms with E-state index in [0.717, 1.165) is 17.7 Å². The smallest absolute Gasteiger partial charge is 0.270 e. The fourth-order valence-electron chi connectivity index (χ4n) is 4.39. The predicted octanol–water partition coefficient (Wildman–Crippen LogP) is 6.63. The normalized spacial score (nSPS) is 10.9. The molecule has 1 amide bonds. The molecule has 1 N–H and O–H groups in total. The van der Waals surface area contributed by atoms with Crippen LogP contribution in [0.2, 0.25) is 0 Å². The molecule has 0 unspecified atom stereocenters. The van der Waals surface area contributed by atoms with E-state index >= 15 is 0 Å². The minimum Gasteiger partial charge on any atom is -0.351 e. The molecule has 0 aliphatic heterocycles. The second kappa shape index (κ2) is 10.8. The topological polar surface area (TPSA) is 46.9 Å². The molecule has 5 rings (SSSR count). The average Bonchev–Trinajstić information content (AvgIpc) is 3.39. The number of nitrogens with one attached hydrogen (secondary N) is 1. The first kappa shape index (κ1) is 23.2. The molecule has 36 heavy (non-hydrogen) atoms. The summed E-state index contributed by atoms with van der Waals surface area (Å²) in [6.07, 6.45) is 0.754. The zero-order valence-corrected chi connectivity index (χ0v) is 19.7. The van der Waals surface area contributed by atoms with Gasteiger partial charge in [0, 0.05) is 18.0 Å². The molecule has 0 saturated carbocycles. The van der Waals surface area contributed by atoms with E-state index in [4.69, 9.17) is 0 Å². The fraction of sp³-hybridized carbons (Fsp3) is 0.0968. The Balaban J connectivity index is 1.38. The van der Waals surface area contributed by atoms with Crippen molar-refractivity contribution in [3.63, 3.8) is 0 Å². The number of para-hydroxylation sites is 1. The van der Waals surface area contributed by atoms with Gasteiger partial charge < -0.3 is 5.32 Å². The first-order valence-corrected chi connectivity index (χ1v) is 12.0. The van der Waals surface area contributed by atoms with Crippen LogP contribution in [0.3, 0.4) is 0 Å². The summed E-state index contributed by atoms with van der Waals surface area (Å²) >= 11 is 0. The van der Waals surface area contributed by atoms with E-state index < -0.39 is 0 Å². The van der Waals surface area contributed by atoms with Gasteiger partial charge in [0.1, 0.15) is 11.5 Å². The van der Waals surface area contributed by atoms with E-state index in [0.29, 0.717) is 17.9 Å². The van der Waals surface area contributed by atoms with Crippen LogP contribution in [-0.4, -0.2) is 22.2 Å². The van der Waals surface area contributed by atoms with Crippen LogP contribution >= 0.6 is 0 Å². The molecule has 0 bridgehead atoms. The van der Waals surface area contributed by atoms with Crippen molar-refractivity contribution in [3.8, 4) is 16.9 Å². The first-order valence-electron chi connectivity index (χ1n) is 12.0.